The number of rotatable bonds is 4. The average molecular weight is 228 g/mol. The first-order valence-electron chi connectivity index (χ1n) is 4.66. The molecule has 0 aliphatic carbocycles. The highest BCUT2D eigenvalue weighted by atomic mass is 19.1. The van der Waals surface area contributed by atoms with E-state index in [0.717, 1.165) is 7.11 Å². The van der Waals surface area contributed by atoms with Gasteiger partial charge >= 0.3 is 5.97 Å². The van der Waals surface area contributed by atoms with Gasteiger partial charge in [-0.3, -0.25) is 0 Å². The Hall–Kier alpha value is -1.62. The molecule has 4 nitrogen and oxygen atoms in total. The number of halogens is 1. The summed E-state index contributed by atoms with van der Waals surface area (Å²) in [5.41, 5.74) is 0.235. The van der Waals surface area contributed by atoms with Crippen molar-refractivity contribution < 1.29 is 23.8 Å². The molecule has 1 aromatic carbocycles. The molecule has 1 unspecified atom stereocenters. The predicted octanol–water partition coefficient (Wildman–Crippen LogP) is 0.911. The predicted molar refractivity (Wildman–Crippen MR) is 54.7 cm³/mol. The number of aliphatic hydroxyl groups excluding tert-OH is 1. The van der Waals surface area contributed by atoms with Gasteiger partial charge in [-0.15, -0.1) is 0 Å². The van der Waals surface area contributed by atoms with Crippen LogP contribution in [0, 0.1) is 5.82 Å². The smallest absolute Gasteiger partial charge is 0.335 e. The fourth-order valence-corrected chi connectivity index (χ4v) is 1.25. The number of carbonyl (C=O) groups excluding carboxylic acids is 1. The Morgan fingerprint density at radius 3 is 2.69 bits per heavy atom. The van der Waals surface area contributed by atoms with Crippen molar-refractivity contribution >= 4 is 5.97 Å². The summed E-state index contributed by atoms with van der Waals surface area (Å²) in [7, 11) is 2.59. The molecule has 16 heavy (non-hydrogen) atoms. The molecule has 0 radical (unpaired) electrons. The Bertz CT molecular complexity index is 378. The van der Waals surface area contributed by atoms with Gasteiger partial charge in [0.05, 0.1) is 14.2 Å². The van der Waals surface area contributed by atoms with Crippen molar-refractivity contribution in [2.45, 2.75) is 12.5 Å². The molecule has 0 spiro atoms. The van der Waals surface area contributed by atoms with Gasteiger partial charge in [0, 0.05) is 12.5 Å². The molecule has 0 amide bonds. The van der Waals surface area contributed by atoms with Crippen molar-refractivity contribution in [3.05, 3.63) is 29.6 Å². The van der Waals surface area contributed by atoms with Gasteiger partial charge in [-0.25, -0.2) is 9.18 Å². The van der Waals surface area contributed by atoms with E-state index < -0.39 is 17.9 Å². The zero-order valence-electron chi connectivity index (χ0n) is 9.07. The summed E-state index contributed by atoms with van der Waals surface area (Å²) in [6, 6.07) is 4.21. The lowest BCUT2D eigenvalue weighted by atomic mass is 10.1. The largest absolute Gasteiger partial charge is 0.497 e. The van der Waals surface area contributed by atoms with Crippen LogP contribution in [0.3, 0.4) is 0 Å². The normalized spacial score (nSPS) is 12.0. The summed E-state index contributed by atoms with van der Waals surface area (Å²) >= 11 is 0. The Morgan fingerprint density at radius 1 is 1.50 bits per heavy atom. The zero-order valence-corrected chi connectivity index (χ0v) is 9.07. The topological polar surface area (TPSA) is 55.8 Å². The maximum absolute atomic E-state index is 13.4. The van der Waals surface area contributed by atoms with E-state index in [0.29, 0.717) is 5.75 Å². The van der Waals surface area contributed by atoms with E-state index in [1.54, 1.807) is 6.07 Å². The molecule has 1 N–H and O–H groups in total. The van der Waals surface area contributed by atoms with Crippen LogP contribution in [0.1, 0.15) is 5.56 Å². The summed E-state index contributed by atoms with van der Waals surface area (Å²) in [6.07, 6.45) is -1.48. The molecule has 1 aromatic rings. The lowest BCUT2D eigenvalue weighted by molar-refractivity contribution is -0.150. The van der Waals surface area contributed by atoms with Crippen molar-refractivity contribution in [1.29, 1.82) is 0 Å². The van der Waals surface area contributed by atoms with Crippen LogP contribution in [0.5, 0.6) is 5.75 Å². The highest BCUT2D eigenvalue weighted by Crippen LogP contribution is 2.17. The number of hydrogen-bond donors (Lipinski definition) is 1. The summed E-state index contributed by atoms with van der Waals surface area (Å²) < 4.78 is 22.6. The number of aliphatic hydroxyl groups is 1. The van der Waals surface area contributed by atoms with Crippen LogP contribution in [0.15, 0.2) is 18.2 Å². The Kier molecular flexibility index (Phi) is 4.25. The highest BCUT2D eigenvalue weighted by Gasteiger charge is 2.18. The maximum atomic E-state index is 13.4. The highest BCUT2D eigenvalue weighted by molar-refractivity contribution is 5.74. The van der Waals surface area contributed by atoms with Crippen molar-refractivity contribution in [3.63, 3.8) is 0 Å². The Morgan fingerprint density at radius 2 is 2.19 bits per heavy atom. The molecule has 0 heterocycles. The minimum absolute atomic E-state index is 0.123. The molecule has 1 atom stereocenters. The SMILES string of the molecule is COC(=O)C(O)Cc1ccc(OC)cc1F. The molecule has 0 saturated heterocycles. The summed E-state index contributed by atoms with van der Waals surface area (Å²) in [4.78, 5) is 10.9. The van der Waals surface area contributed by atoms with Gasteiger partial charge in [-0.1, -0.05) is 6.07 Å². The van der Waals surface area contributed by atoms with Gasteiger partial charge in [-0.2, -0.15) is 0 Å². The molecule has 0 bridgehead atoms. The molecule has 88 valence electrons. The van der Waals surface area contributed by atoms with Crippen LogP contribution in [0.2, 0.25) is 0 Å². The fraction of sp³-hybridized carbons (Fsp3) is 0.364. The minimum atomic E-state index is -1.35. The second-order valence-electron chi connectivity index (χ2n) is 3.20. The number of carbonyl (C=O) groups is 1. The Labute approximate surface area is 92.6 Å². The van der Waals surface area contributed by atoms with Crippen molar-refractivity contribution in [2.75, 3.05) is 14.2 Å². The van der Waals surface area contributed by atoms with Gasteiger partial charge in [-0.05, 0) is 11.6 Å². The van der Waals surface area contributed by atoms with Gasteiger partial charge in [0.15, 0.2) is 6.10 Å². The lowest BCUT2D eigenvalue weighted by Gasteiger charge is -2.09. The number of methoxy groups -OCH3 is 2. The lowest BCUT2D eigenvalue weighted by Crippen LogP contribution is -2.24. The molecule has 0 fully saturated rings. The van der Waals surface area contributed by atoms with Crippen LogP contribution in [-0.4, -0.2) is 31.4 Å². The van der Waals surface area contributed by atoms with Gasteiger partial charge in [0.1, 0.15) is 11.6 Å². The molecule has 0 saturated carbocycles. The van der Waals surface area contributed by atoms with E-state index in [1.807, 2.05) is 0 Å². The molecule has 1 rings (SSSR count). The van der Waals surface area contributed by atoms with Gasteiger partial charge < -0.3 is 14.6 Å². The van der Waals surface area contributed by atoms with Crippen LogP contribution in [-0.2, 0) is 16.0 Å². The second kappa shape index (κ2) is 5.46. The summed E-state index contributed by atoms with van der Waals surface area (Å²) in [5, 5.41) is 9.35. The van der Waals surface area contributed by atoms with E-state index in [1.165, 1.54) is 19.2 Å². The third-order valence-corrected chi connectivity index (χ3v) is 2.15. The second-order valence-corrected chi connectivity index (χ2v) is 3.20. The first-order chi connectivity index (χ1) is 7.58. The third kappa shape index (κ3) is 2.93. The molecule has 0 aliphatic rings. The van der Waals surface area contributed by atoms with Crippen LogP contribution in [0.4, 0.5) is 4.39 Å². The number of esters is 1. The van der Waals surface area contributed by atoms with Crippen molar-refractivity contribution in [1.82, 2.24) is 0 Å². The molecule has 0 aromatic heterocycles. The minimum Gasteiger partial charge on any atom is -0.497 e. The van der Waals surface area contributed by atoms with Crippen LogP contribution < -0.4 is 4.74 Å². The molecular formula is C11H13FO4. The number of benzene rings is 1. The van der Waals surface area contributed by atoms with E-state index >= 15 is 0 Å². The van der Waals surface area contributed by atoms with Crippen LogP contribution >= 0.6 is 0 Å². The standard InChI is InChI=1S/C11H13FO4/c1-15-8-4-3-7(9(12)6-8)5-10(13)11(14)16-2/h3-4,6,10,13H,5H2,1-2H3. The number of hydrogen-bond acceptors (Lipinski definition) is 4. The quantitative estimate of drug-likeness (QED) is 0.778. The monoisotopic (exact) mass is 228 g/mol. The summed E-state index contributed by atoms with van der Waals surface area (Å²) in [6.45, 7) is 0. The maximum Gasteiger partial charge on any atom is 0.335 e. The zero-order chi connectivity index (χ0) is 12.1. The number of ether oxygens (including phenoxy) is 2. The van der Waals surface area contributed by atoms with E-state index in [4.69, 9.17) is 4.74 Å². The van der Waals surface area contributed by atoms with Gasteiger partial charge in [0.25, 0.3) is 0 Å². The van der Waals surface area contributed by atoms with Crippen molar-refractivity contribution in [2.24, 2.45) is 0 Å². The Balaban J connectivity index is 2.78. The average Bonchev–Trinajstić information content (AvgIpc) is 2.30. The van der Waals surface area contributed by atoms with Gasteiger partial charge in [0.2, 0.25) is 0 Å². The molecule has 5 heteroatoms. The fourth-order valence-electron chi connectivity index (χ4n) is 1.25. The van der Waals surface area contributed by atoms with E-state index in [9.17, 15) is 14.3 Å². The first kappa shape index (κ1) is 12.4. The van der Waals surface area contributed by atoms with E-state index in [-0.39, 0.29) is 12.0 Å². The first-order valence-corrected chi connectivity index (χ1v) is 4.66. The summed E-state index contributed by atoms with van der Waals surface area (Å²) in [5.74, 6) is -0.925. The van der Waals surface area contributed by atoms with Crippen molar-refractivity contribution in [3.8, 4) is 5.75 Å². The molecular weight excluding hydrogens is 215 g/mol. The van der Waals surface area contributed by atoms with Crippen LogP contribution in [0.25, 0.3) is 0 Å². The van der Waals surface area contributed by atoms with E-state index in [2.05, 4.69) is 4.74 Å². The molecule has 0 aliphatic heterocycles. The third-order valence-electron chi connectivity index (χ3n) is 2.15.